The first-order valence-electron chi connectivity index (χ1n) is 6.91. The lowest BCUT2D eigenvalue weighted by atomic mass is 9.87. The molecule has 0 spiro atoms. The molecule has 0 fully saturated rings. The molecule has 0 bridgehead atoms. The summed E-state index contributed by atoms with van der Waals surface area (Å²) in [6.45, 7) is 10.6. The molecule has 0 radical (unpaired) electrons. The van der Waals surface area contributed by atoms with Gasteiger partial charge in [-0.05, 0) is 11.5 Å². The summed E-state index contributed by atoms with van der Waals surface area (Å²) in [6.07, 6.45) is -0.138. The Morgan fingerprint density at radius 1 is 1.11 bits per heavy atom. The van der Waals surface area contributed by atoms with E-state index in [0.29, 0.717) is 5.41 Å². The molecule has 0 saturated carbocycles. The van der Waals surface area contributed by atoms with Crippen molar-refractivity contribution < 1.29 is 9.53 Å². The number of methoxy groups -OCH3 is 1. The van der Waals surface area contributed by atoms with E-state index in [0.717, 1.165) is 5.56 Å². The van der Waals surface area contributed by atoms with E-state index >= 15 is 0 Å². The van der Waals surface area contributed by atoms with Gasteiger partial charge >= 0.3 is 0 Å². The second-order valence-electron chi connectivity index (χ2n) is 6.45. The average molecular weight is 278 g/mol. The summed E-state index contributed by atoms with van der Waals surface area (Å²) in [5.74, 6) is 0.225. The molecule has 2 atom stereocenters. The van der Waals surface area contributed by atoms with E-state index in [1.54, 1.807) is 7.11 Å². The van der Waals surface area contributed by atoms with Crippen LogP contribution in [0.2, 0.25) is 19.6 Å². The van der Waals surface area contributed by atoms with Crippen LogP contribution in [0.25, 0.3) is 0 Å². The summed E-state index contributed by atoms with van der Waals surface area (Å²) in [5.41, 5.74) is 1.09. The summed E-state index contributed by atoms with van der Waals surface area (Å²) in [4.78, 5) is 12.8. The highest BCUT2D eigenvalue weighted by Crippen LogP contribution is 2.34. The monoisotopic (exact) mass is 278 g/mol. The van der Waals surface area contributed by atoms with Crippen molar-refractivity contribution in [2.75, 3.05) is 7.11 Å². The number of ether oxygens (including phenoxy) is 1. The Bertz CT molecular complexity index is 407. The van der Waals surface area contributed by atoms with Gasteiger partial charge in [-0.1, -0.05) is 63.8 Å². The first kappa shape index (κ1) is 16.1. The Kier molecular flexibility index (Phi) is 5.50. The van der Waals surface area contributed by atoms with Crippen molar-refractivity contribution in [1.29, 1.82) is 0 Å². The van der Waals surface area contributed by atoms with E-state index in [1.807, 2.05) is 30.3 Å². The molecule has 0 aliphatic carbocycles. The lowest BCUT2D eigenvalue weighted by Gasteiger charge is -2.32. The zero-order chi connectivity index (χ0) is 14.6. The lowest BCUT2D eigenvalue weighted by Crippen LogP contribution is -2.43. The van der Waals surface area contributed by atoms with Gasteiger partial charge in [0.1, 0.15) is 13.5 Å². The highest BCUT2D eigenvalue weighted by atomic mass is 28.3. The van der Waals surface area contributed by atoms with Crippen LogP contribution in [0.5, 0.6) is 0 Å². The van der Waals surface area contributed by atoms with Gasteiger partial charge in [0.2, 0.25) is 0 Å². The number of hydrogen-bond acceptors (Lipinski definition) is 2. The van der Waals surface area contributed by atoms with Gasteiger partial charge in [-0.15, -0.1) is 0 Å². The minimum absolute atomic E-state index is 0.0564. The molecule has 0 unspecified atom stereocenters. The maximum Gasteiger partial charge on any atom is 0.124 e. The Balaban J connectivity index is 3.14. The fourth-order valence-electron chi connectivity index (χ4n) is 2.42. The van der Waals surface area contributed by atoms with Crippen LogP contribution in [0.15, 0.2) is 30.3 Å². The van der Waals surface area contributed by atoms with Crippen LogP contribution in [0.3, 0.4) is 0 Å². The zero-order valence-electron chi connectivity index (χ0n) is 12.9. The molecule has 0 N–H and O–H groups in total. The van der Waals surface area contributed by atoms with Crippen LogP contribution in [-0.2, 0) is 9.53 Å². The zero-order valence-corrected chi connectivity index (χ0v) is 13.9. The molecule has 1 aromatic carbocycles. The molecule has 0 saturated heterocycles. The smallest absolute Gasteiger partial charge is 0.124 e. The third-order valence-corrected chi connectivity index (χ3v) is 5.28. The summed E-state index contributed by atoms with van der Waals surface area (Å²) in [6, 6.07) is 10.1. The van der Waals surface area contributed by atoms with Gasteiger partial charge in [0, 0.05) is 13.0 Å². The molecule has 0 heterocycles. The van der Waals surface area contributed by atoms with Gasteiger partial charge in [-0.25, -0.2) is 0 Å². The van der Waals surface area contributed by atoms with Crippen molar-refractivity contribution >= 4 is 13.5 Å². The van der Waals surface area contributed by atoms with Crippen LogP contribution < -0.4 is 0 Å². The first-order chi connectivity index (χ1) is 8.79. The number of benzene rings is 1. The van der Waals surface area contributed by atoms with Crippen molar-refractivity contribution in [3.63, 3.8) is 0 Å². The summed E-state index contributed by atoms with van der Waals surface area (Å²) in [7, 11) is -0.118. The maximum atomic E-state index is 12.8. The van der Waals surface area contributed by atoms with Crippen LogP contribution in [0.1, 0.15) is 25.5 Å². The maximum absolute atomic E-state index is 12.8. The quantitative estimate of drug-likeness (QED) is 0.733. The second kappa shape index (κ2) is 6.48. The fourth-order valence-corrected chi connectivity index (χ4v) is 3.91. The highest BCUT2D eigenvalue weighted by Gasteiger charge is 2.38. The normalized spacial score (nSPS) is 15.3. The van der Waals surface area contributed by atoms with Crippen molar-refractivity contribution in [2.24, 2.45) is 11.8 Å². The number of hydrogen-bond donors (Lipinski definition) is 0. The predicted octanol–water partition coefficient (Wildman–Crippen LogP) is 4.09. The number of rotatable bonds is 6. The van der Waals surface area contributed by atoms with E-state index in [4.69, 9.17) is 4.74 Å². The molecular weight excluding hydrogens is 252 g/mol. The Labute approximate surface area is 118 Å². The van der Waals surface area contributed by atoms with Crippen molar-refractivity contribution in [3.8, 4) is 0 Å². The van der Waals surface area contributed by atoms with Crippen LogP contribution in [0.4, 0.5) is 0 Å². The van der Waals surface area contributed by atoms with E-state index < -0.39 is 8.07 Å². The molecule has 2 nitrogen and oxygen atoms in total. The summed E-state index contributed by atoms with van der Waals surface area (Å²) in [5, 5.41) is 0.401. The minimum atomic E-state index is -1.82. The largest absolute Gasteiger partial charge is 0.376 e. The minimum Gasteiger partial charge on any atom is -0.376 e. The number of carbonyl (C=O) groups excluding carboxylic acids is 1. The van der Waals surface area contributed by atoms with Gasteiger partial charge in [0.15, 0.2) is 0 Å². The molecule has 3 heteroatoms. The molecule has 1 aromatic rings. The predicted molar refractivity (Wildman–Crippen MR) is 82.9 cm³/mol. The molecule has 0 aromatic heterocycles. The molecule has 0 amide bonds. The molecule has 19 heavy (non-hydrogen) atoms. The third kappa shape index (κ3) is 4.01. The van der Waals surface area contributed by atoms with E-state index in [9.17, 15) is 4.79 Å². The molecule has 1 rings (SSSR count). The van der Waals surface area contributed by atoms with Gasteiger partial charge < -0.3 is 9.53 Å². The topological polar surface area (TPSA) is 26.3 Å². The molecule has 0 aliphatic rings. The first-order valence-corrected chi connectivity index (χ1v) is 10.4. The SMILES string of the molecule is CO[C@H](c1ccccc1)[C@@H](C(=O)[Si](C)(C)C)C(C)C. The van der Waals surface area contributed by atoms with E-state index in [2.05, 4.69) is 33.5 Å². The van der Waals surface area contributed by atoms with Gasteiger partial charge in [0.05, 0.1) is 6.10 Å². The van der Waals surface area contributed by atoms with Crippen LogP contribution in [0, 0.1) is 11.8 Å². The summed E-state index contributed by atoms with van der Waals surface area (Å²) < 4.78 is 5.68. The Morgan fingerprint density at radius 3 is 2.00 bits per heavy atom. The van der Waals surface area contributed by atoms with E-state index in [-0.39, 0.29) is 17.9 Å². The van der Waals surface area contributed by atoms with Crippen LogP contribution >= 0.6 is 0 Å². The fraction of sp³-hybridized carbons (Fsp3) is 0.562. The van der Waals surface area contributed by atoms with E-state index in [1.165, 1.54) is 0 Å². The van der Waals surface area contributed by atoms with Crippen molar-refractivity contribution in [3.05, 3.63) is 35.9 Å². The standard InChI is InChI=1S/C16H26O2Si/c1-12(2)14(16(17)19(4,5)6)15(18-3)13-10-8-7-9-11-13/h7-12,14-15H,1-6H3/t14-,15+/m0/s1. The summed E-state index contributed by atoms with van der Waals surface area (Å²) >= 11 is 0. The molecule has 0 aliphatic heterocycles. The second-order valence-corrected chi connectivity index (χ2v) is 11.4. The third-order valence-electron chi connectivity index (χ3n) is 3.47. The van der Waals surface area contributed by atoms with Gasteiger partial charge in [0.25, 0.3) is 0 Å². The average Bonchev–Trinajstić information content (AvgIpc) is 2.34. The van der Waals surface area contributed by atoms with Crippen LogP contribution in [-0.4, -0.2) is 20.6 Å². The Hall–Kier alpha value is -0.933. The van der Waals surface area contributed by atoms with Gasteiger partial charge in [-0.2, -0.15) is 0 Å². The lowest BCUT2D eigenvalue weighted by molar-refractivity contribution is -0.122. The van der Waals surface area contributed by atoms with Gasteiger partial charge in [-0.3, -0.25) is 0 Å². The Morgan fingerprint density at radius 2 is 1.63 bits per heavy atom. The molecular formula is C16H26O2Si. The number of carbonyl (C=O) groups is 1. The van der Waals surface area contributed by atoms with Crippen molar-refractivity contribution in [2.45, 2.75) is 39.6 Å². The highest BCUT2D eigenvalue weighted by molar-refractivity contribution is 7.03. The van der Waals surface area contributed by atoms with Crippen molar-refractivity contribution in [1.82, 2.24) is 0 Å². The molecule has 106 valence electrons.